The smallest absolute Gasteiger partial charge is 0.273 e. The van der Waals surface area contributed by atoms with Crippen molar-refractivity contribution in [2.45, 2.75) is 12.6 Å². The van der Waals surface area contributed by atoms with Crippen LogP contribution < -0.4 is 0 Å². The number of benzene rings is 1. The third kappa shape index (κ3) is 2.53. The normalized spacial score (nSPS) is 24.1. The molecule has 6 heteroatoms. The molecule has 0 bridgehead atoms. The van der Waals surface area contributed by atoms with E-state index in [9.17, 15) is 4.79 Å². The highest BCUT2D eigenvalue weighted by Crippen LogP contribution is 2.34. The third-order valence-corrected chi connectivity index (χ3v) is 5.42. The molecule has 0 saturated carbocycles. The molecule has 114 valence electrons. The average molecular weight is 334 g/mol. The molecule has 0 unspecified atom stereocenters. The fourth-order valence-corrected chi connectivity index (χ4v) is 4.05. The molecule has 1 aromatic carbocycles. The van der Waals surface area contributed by atoms with E-state index in [-0.39, 0.29) is 5.91 Å². The molecule has 0 radical (unpaired) electrons. The molecular weight excluding hydrogens is 318 g/mol. The van der Waals surface area contributed by atoms with Gasteiger partial charge >= 0.3 is 0 Å². The first kappa shape index (κ1) is 14.2. The van der Waals surface area contributed by atoms with Crippen molar-refractivity contribution >= 4 is 28.8 Å². The van der Waals surface area contributed by atoms with E-state index in [2.05, 4.69) is 22.0 Å². The maximum atomic E-state index is 12.4. The van der Waals surface area contributed by atoms with Crippen LogP contribution in [0.15, 0.2) is 35.2 Å². The Labute approximate surface area is 138 Å². The van der Waals surface area contributed by atoms with E-state index in [1.54, 1.807) is 5.51 Å². The van der Waals surface area contributed by atoms with Gasteiger partial charge in [0.2, 0.25) is 0 Å². The van der Waals surface area contributed by atoms with Crippen LogP contribution in [0.25, 0.3) is 0 Å². The number of hydrogen-bond donors (Lipinski definition) is 0. The maximum absolute atomic E-state index is 12.4. The molecule has 0 N–H and O–H groups in total. The number of nitrogens with zero attached hydrogens (tertiary/aromatic N) is 3. The van der Waals surface area contributed by atoms with E-state index in [0.29, 0.717) is 17.7 Å². The summed E-state index contributed by atoms with van der Waals surface area (Å²) in [4.78, 5) is 20.9. The zero-order valence-corrected chi connectivity index (χ0v) is 13.6. The lowest BCUT2D eigenvalue weighted by molar-refractivity contribution is 0.0433. The number of rotatable bonds is 3. The largest absolute Gasteiger partial charge is 0.335 e. The molecule has 3 heterocycles. The van der Waals surface area contributed by atoms with Gasteiger partial charge in [-0.3, -0.25) is 9.69 Å². The highest BCUT2D eigenvalue weighted by Gasteiger charge is 2.46. The number of amides is 1. The number of aromatic nitrogens is 1. The molecular formula is C16H16ClN3OS. The first-order valence-corrected chi connectivity index (χ1v) is 8.69. The zero-order chi connectivity index (χ0) is 15.1. The van der Waals surface area contributed by atoms with Gasteiger partial charge in [0.05, 0.1) is 5.51 Å². The highest BCUT2D eigenvalue weighted by molar-refractivity contribution is 7.07. The van der Waals surface area contributed by atoms with Crippen molar-refractivity contribution in [2.24, 2.45) is 5.92 Å². The molecule has 4 rings (SSSR count). The van der Waals surface area contributed by atoms with Gasteiger partial charge in [-0.25, -0.2) is 4.98 Å². The van der Waals surface area contributed by atoms with Crippen molar-refractivity contribution < 1.29 is 4.79 Å². The Balaban J connectivity index is 1.39. The number of halogens is 1. The van der Waals surface area contributed by atoms with E-state index in [1.807, 2.05) is 22.4 Å². The summed E-state index contributed by atoms with van der Waals surface area (Å²) in [7, 11) is 0. The molecule has 22 heavy (non-hydrogen) atoms. The summed E-state index contributed by atoms with van der Waals surface area (Å²) in [6, 6.07) is 8.49. The monoisotopic (exact) mass is 333 g/mol. The average Bonchev–Trinajstić information content (AvgIpc) is 3.14. The van der Waals surface area contributed by atoms with E-state index in [1.165, 1.54) is 16.9 Å². The summed E-state index contributed by atoms with van der Waals surface area (Å²) in [5.74, 6) is 0.678. The summed E-state index contributed by atoms with van der Waals surface area (Å²) in [5, 5.41) is 2.60. The number of fused-ring (bicyclic) bond motifs is 1. The van der Waals surface area contributed by atoms with Crippen molar-refractivity contribution in [2.75, 3.05) is 19.6 Å². The fraction of sp³-hybridized carbons (Fsp3) is 0.375. The number of carbonyl (C=O) groups is 1. The molecule has 4 nitrogen and oxygen atoms in total. The van der Waals surface area contributed by atoms with Crippen LogP contribution in [0, 0.1) is 5.92 Å². The van der Waals surface area contributed by atoms with Gasteiger partial charge < -0.3 is 4.90 Å². The standard InChI is InChI=1S/C16H16ClN3OS/c17-13-3-1-11(2-4-13)5-19-6-12-7-20(8-15(12)19)16(21)14-9-22-10-18-14/h1-4,9-10,12,15H,5-8H2/t12-,15-/m1/s1. The Morgan fingerprint density at radius 1 is 1.27 bits per heavy atom. The SMILES string of the molecule is O=C(c1cscn1)N1C[C@H]2CN(Cc3ccc(Cl)cc3)[C@@H]2C1. The Morgan fingerprint density at radius 3 is 2.82 bits per heavy atom. The maximum Gasteiger partial charge on any atom is 0.273 e. The summed E-state index contributed by atoms with van der Waals surface area (Å²) in [5.41, 5.74) is 3.56. The Morgan fingerprint density at radius 2 is 2.09 bits per heavy atom. The van der Waals surface area contributed by atoms with Crippen LogP contribution in [0.1, 0.15) is 16.1 Å². The van der Waals surface area contributed by atoms with Gasteiger partial charge in [-0.1, -0.05) is 23.7 Å². The zero-order valence-electron chi connectivity index (χ0n) is 12.0. The van der Waals surface area contributed by atoms with E-state index < -0.39 is 0 Å². The predicted octanol–water partition coefficient (Wildman–Crippen LogP) is 2.75. The number of carbonyl (C=O) groups excluding carboxylic acids is 1. The van der Waals surface area contributed by atoms with Crippen LogP contribution in [0.3, 0.4) is 0 Å². The summed E-state index contributed by atoms with van der Waals surface area (Å²) in [6.45, 7) is 3.66. The third-order valence-electron chi connectivity index (χ3n) is 4.58. The summed E-state index contributed by atoms with van der Waals surface area (Å²) >= 11 is 7.39. The molecule has 2 aliphatic rings. The topological polar surface area (TPSA) is 36.4 Å². The van der Waals surface area contributed by atoms with E-state index in [0.717, 1.165) is 31.2 Å². The number of thiazole rings is 1. The lowest BCUT2D eigenvalue weighted by atomic mass is 9.91. The second-order valence-corrected chi connectivity index (χ2v) is 7.12. The molecule has 2 fully saturated rings. The van der Waals surface area contributed by atoms with E-state index >= 15 is 0 Å². The van der Waals surface area contributed by atoms with Gasteiger partial charge in [0.15, 0.2) is 0 Å². The van der Waals surface area contributed by atoms with Crippen molar-refractivity contribution in [1.82, 2.24) is 14.8 Å². The van der Waals surface area contributed by atoms with Gasteiger partial charge in [-0.2, -0.15) is 0 Å². The van der Waals surface area contributed by atoms with Gasteiger partial charge in [0.1, 0.15) is 5.69 Å². The second-order valence-electron chi connectivity index (χ2n) is 5.97. The Kier molecular flexibility index (Phi) is 3.64. The fourth-order valence-electron chi connectivity index (χ4n) is 3.40. The molecule has 2 atom stereocenters. The molecule has 1 amide bonds. The minimum Gasteiger partial charge on any atom is -0.335 e. The van der Waals surface area contributed by atoms with Gasteiger partial charge in [0.25, 0.3) is 5.91 Å². The first-order chi connectivity index (χ1) is 10.7. The van der Waals surface area contributed by atoms with Crippen LogP contribution in [0.2, 0.25) is 5.02 Å². The predicted molar refractivity (Wildman–Crippen MR) is 87.2 cm³/mol. The minimum atomic E-state index is 0.0714. The van der Waals surface area contributed by atoms with Crippen LogP contribution in [0.4, 0.5) is 0 Å². The number of likely N-dealkylation sites (tertiary alicyclic amines) is 2. The molecule has 2 aliphatic heterocycles. The summed E-state index contributed by atoms with van der Waals surface area (Å²) in [6.07, 6.45) is 0. The Hall–Kier alpha value is -1.43. The van der Waals surface area contributed by atoms with Crippen molar-refractivity contribution in [3.8, 4) is 0 Å². The Bertz CT molecular complexity index is 673. The van der Waals surface area contributed by atoms with E-state index in [4.69, 9.17) is 11.6 Å². The van der Waals surface area contributed by atoms with Crippen LogP contribution in [0.5, 0.6) is 0 Å². The highest BCUT2D eigenvalue weighted by atomic mass is 35.5. The minimum absolute atomic E-state index is 0.0714. The lowest BCUT2D eigenvalue weighted by Crippen LogP contribution is -2.54. The lowest BCUT2D eigenvalue weighted by Gasteiger charge is -2.43. The van der Waals surface area contributed by atoms with Crippen LogP contribution in [-0.2, 0) is 6.54 Å². The molecule has 2 aromatic rings. The van der Waals surface area contributed by atoms with Gasteiger partial charge in [-0.15, -0.1) is 11.3 Å². The van der Waals surface area contributed by atoms with Gasteiger partial charge in [-0.05, 0) is 17.7 Å². The second kappa shape index (κ2) is 5.65. The van der Waals surface area contributed by atoms with Crippen molar-refractivity contribution in [3.63, 3.8) is 0 Å². The first-order valence-electron chi connectivity index (χ1n) is 7.36. The quantitative estimate of drug-likeness (QED) is 0.866. The summed E-state index contributed by atoms with van der Waals surface area (Å²) < 4.78 is 0. The van der Waals surface area contributed by atoms with Crippen LogP contribution in [-0.4, -0.2) is 46.4 Å². The molecule has 2 saturated heterocycles. The van der Waals surface area contributed by atoms with Crippen molar-refractivity contribution in [1.29, 1.82) is 0 Å². The van der Waals surface area contributed by atoms with Crippen LogP contribution >= 0.6 is 22.9 Å². The number of hydrogen-bond acceptors (Lipinski definition) is 4. The molecule has 0 spiro atoms. The van der Waals surface area contributed by atoms with Gasteiger partial charge in [0, 0.05) is 48.5 Å². The molecule has 1 aromatic heterocycles. The van der Waals surface area contributed by atoms with Crippen molar-refractivity contribution in [3.05, 3.63) is 51.4 Å². The molecule has 0 aliphatic carbocycles.